The number of carboxylic acids is 1. The van der Waals surface area contributed by atoms with Crippen LogP contribution in [0.4, 0.5) is 0 Å². The average Bonchev–Trinajstić information content (AvgIpc) is 3.41. The molecule has 7 nitrogen and oxygen atoms in total. The summed E-state index contributed by atoms with van der Waals surface area (Å²) in [5.41, 5.74) is 0.484. The van der Waals surface area contributed by atoms with Crippen molar-refractivity contribution in [3.8, 4) is 0 Å². The number of aromatic nitrogens is 2. The van der Waals surface area contributed by atoms with Crippen molar-refractivity contribution >= 4 is 34.5 Å². The van der Waals surface area contributed by atoms with Gasteiger partial charge in [0.05, 0.1) is 16.7 Å². The molecular formula is C17H19N3O4S. The first-order valence-corrected chi connectivity index (χ1v) is 9.27. The van der Waals surface area contributed by atoms with Crippen molar-refractivity contribution in [2.75, 3.05) is 12.3 Å². The van der Waals surface area contributed by atoms with Gasteiger partial charge in [0.2, 0.25) is 5.91 Å². The third-order valence-corrected chi connectivity index (χ3v) is 4.94. The molecule has 0 aliphatic heterocycles. The topological polar surface area (TPSA) is 103 Å². The van der Waals surface area contributed by atoms with Gasteiger partial charge in [-0.15, -0.1) is 0 Å². The third kappa shape index (κ3) is 4.60. The molecule has 2 aromatic rings. The van der Waals surface area contributed by atoms with E-state index in [1.807, 2.05) is 6.07 Å². The fraction of sp³-hybridized carbons (Fsp3) is 0.412. The second-order valence-electron chi connectivity index (χ2n) is 5.98. The van der Waals surface area contributed by atoms with Crippen LogP contribution in [0.2, 0.25) is 0 Å². The Kier molecular flexibility index (Phi) is 5.37. The van der Waals surface area contributed by atoms with Gasteiger partial charge in [-0.05, 0) is 25.0 Å². The van der Waals surface area contributed by atoms with Gasteiger partial charge in [-0.1, -0.05) is 12.1 Å². The quantitative estimate of drug-likeness (QED) is 0.693. The second kappa shape index (κ2) is 7.69. The highest BCUT2D eigenvalue weighted by Crippen LogP contribution is 2.27. The number of amides is 1. The van der Waals surface area contributed by atoms with Gasteiger partial charge in [0, 0.05) is 18.2 Å². The number of thioether (sulfide) groups is 1. The molecule has 2 N–H and O–H groups in total. The smallest absolute Gasteiger partial charge is 0.323 e. The summed E-state index contributed by atoms with van der Waals surface area (Å²) in [6, 6.07) is 7.24. The maximum Gasteiger partial charge on any atom is 0.323 e. The van der Waals surface area contributed by atoms with Crippen LogP contribution in [0.1, 0.15) is 25.1 Å². The lowest BCUT2D eigenvalue weighted by molar-refractivity contribution is -0.144. The molecule has 8 heteroatoms. The van der Waals surface area contributed by atoms with Gasteiger partial charge in [-0.2, -0.15) is 11.8 Å². The van der Waals surface area contributed by atoms with E-state index in [0.717, 1.165) is 12.8 Å². The molecule has 0 bridgehead atoms. The van der Waals surface area contributed by atoms with Gasteiger partial charge < -0.3 is 15.0 Å². The molecule has 1 aromatic heterocycles. The Bertz CT molecular complexity index is 847. The van der Waals surface area contributed by atoms with E-state index < -0.39 is 5.97 Å². The number of rotatable bonds is 8. The molecule has 0 unspecified atom stereocenters. The number of benzene rings is 1. The van der Waals surface area contributed by atoms with E-state index in [1.165, 1.54) is 16.7 Å². The lowest BCUT2D eigenvalue weighted by atomic mass is 10.2. The van der Waals surface area contributed by atoms with Gasteiger partial charge in [-0.3, -0.25) is 14.4 Å². The predicted octanol–water partition coefficient (Wildman–Crippen LogP) is 1.62. The largest absolute Gasteiger partial charge is 0.480 e. The zero-order valence-electron chi connectivity index (χ0n) is 13.6. The van der Waals surface area contributed by atoms with Crippen LogP contribution >= 0.6 is 11.8 Å². The number of nitrogens with zero attached hydrogens (tertiary/aromatic N) is 2. The van der Waals surface area contributed by atoms with Crippen LogP contribution < -0.4 is 5.56 Å². The minimum Gasteiger partial charge on any atom is -0.480 e. The molecule has 1 fully saturated rings. The number of hydrogen-bond acceptors (Lipinski definition) is 5. The fourth-order valence-corrected chi connectivity index (χ4v) is 3.42. The first kappa shape index (κ1) is 17.5. The Morgan fingerprint density at radius 2 is 2.08 bits per heavy atom. The minimum atomic E-state index is -0.981. The Hall–Kier alpha value is -2.35. The van der Waals surface area contributed by atoms with Crippen molar-refractivity contribution in [2.24, 2.45) is 0 Å². The summed E-state index contributed by atoms with van der Waals surface area (Å²) in [5, 5.41) is 9.46. The van der Waals surface area contributed by atoms with Crippen LogP contribution in [0.25, 0.3) is 10.9 Å². The third-order valence-electron chi connectivity index (χ3n) is 3.97. The van der Waals surface area contributed by atoms with Crippen LogP contribution in [0.5, 0.6) is 0 Å². The summed E-state index contributed by atoms with van der Waals surface area (Å²) in [4.78, 5) is 43.7. The van der Waals surface area contributed by atoms with Crippen molar-refractivity contribution in [1.82, 2.24) is 14.9 Å². The normalized spacial score (nSPS) is 13.8. The highest BCUT2D eigenvalue weighted by atomic mass is 32.2. The Morgan fingerprint density at radius 3 is 2.80 bits per heavy atom. The summed E-state index contributed by atoms with van der Waals surface area (Å²) in [6.07, 6.45) is 2.05. The maximum absolute atomic E-state index is 12.2. The molecule has 25 heavy (non-hydrogen) atoms. The number of nitrogens with one attached hydrogen (secondary N) is 1. The van der Waals surface area contributed by atoms with Crippen LogP contribution in [0.15, 0.2) is 29.1 Å². The average molecular weight is 361 g/mol. The van der Waals surface area contributed by atoms with Crippen molar-refractivity contribution in [3.63, 3.8) is 0 Å². The SMILES string of the molecule is O=C(O)CN(C(=O)CCSCc1nc2ccccc2c(=O)[nH]1)C1CC1. The molecule has 1 aromatic carbocycles. The lowest BCUT2D eigenvalue weighted by Gasteiger charge is -2.19. The summed E-state index contributed by atoms with van der Waals surface area (Å²) in [7, 11) is 0. The molecule has 0 spiro atoms. The molecule has 132 valence electrons. The van der Waals surface area contributed by atoms with E-state index >= 15 is 0 Å². The zero-order valence-corrected chi connectivity index (χ0v) is 14.4. The van der Waals surface area contributed by atoms with Gasteiger partial charge in [0.25, 0.3) is 5.56 Å². The predicted molar refractivity (Wildman–Crippen MR) is 95.5 cm³/mol. The maximum atomic E-state index is 12.2. The highest BCUT2D eigenvalue weighted by Gasteiger charge is 2.33. The number of carbonyl (C=O) groups is 2. The second-order valence-corrected chi connectivity index (χ2v) is 7.08. The molecular weight excluding hydrogens is 342 g/mol. The number of H-pyrrole nitrogens is 1. The van der Waals surface area contributed by atoms with E-state index in [4.69, 9.17) is 5.11 Å². The highest BCUT2D eigenvalue weighted by molar-refractivity contribution is 7.98. The molecule has 1 aliphatic carbocycles. The summed E-state index contributed by atoms with van der Waals surface area (Å²) in [5.74, 6) is 0.516. The summed E-state index contributed by atoms with van der Waals surface area (Å²) in [6.45, 7) is -0.228. The number of para-hydroxylation sites is 1. The number of aliphatic carboxylic acids is 1. The van der Waals surface area contributed by atoms with E-state index in [0.29, 0.717) is 28.2 Å². The van der Waals surface area contributed by atoms with Crippen molar-refractivity contribution in [2.45, 2.75) is 31.1 Å². The van der Waals surface area contributed by atoms with Gasteiger partial charge in [-0.25, -0.2) is 4.98 Å². The fourth-order valence-electron chi connectivity index (χ4n) is 2.63. The number of fused-ring (bicyclic) bond motifs is 1. The monoisotopic (exact) mass is 361 g/mol. The van der Waals surface area contributed by atoms with Gasteiger partial charge in [0.1, 0.15) is 12.4 Å². The van der Waals surface area contributed by atoms with Crippen molar-refractivity contribution in [3.05, 3.63) is 40.4 Å². The summed E-state index contributed by atoms with van der Waals surface area (Å²) >= 11 is 1.49. The molecule has 1 heterocycles. The lowest BCUT2D eigenvalue weighted by Crippen LogP contribution is -2.37. The van der Waals surface area contributed by atoms with Gasteiger partial charge in [0.15, 0.2) is 0 Å². The van der Waals surface area contributed by atoms with Crippen LogP contribution in [-0.2, 0) is 15.3 Å². The molecule has 0 atom stereocenters. The van der Waals surface area contributed by atoms with Crippen molar-refractivity contribution < 1.29 is 14.7 Å². The molecule has 0 saturated heterocycles. The Labute approximate surface area is 148 Å². The molecule has 0 radical (unpaired) electrons. The van der Waals surface area contributed by atoms with Crippen LogP contribution in [-0.4, -0.2) is 50.2 Å². The first-order chi connectivity index (χ1) is 12.0. The number of aromatic amines is 1. The number of hydrogen-bond donors (Lipinski definition) is 2. The molecule has 1 saturated carbocycles. The molecule has 1 aliphatic rings. The van der Waals surface area contributed by atoms with E-state index in [1.54, 1.807) is 18.2 Å². The van der Waals surface area contributed by atoms with E-state index in [2.05, 4.69) is 9.97 Å². The van der Waals surface area contributed by atoms with Crippen molar-refractivity contribution in [1.29, 1.82) is 0 Å². The van der Waals surface area contributed by atoms with E-state index in [-0.39, 0.29) is 30.5 Å². The number of carboxylic acid groups (broad SMARTS) is 1. The van der Waals surface area contributed by atoms with Crippen LogP contribution in [0, 0.1) is 0 Å². The van der Waals surface area contributed by atoms with Crippen LogP contribution in [0.3, 0.4) is 0 Å². The standard InChI is InChI=1S/C17H19N3O4S/c21-15(20(9-16(22)23)11-5-6-11)7-8-25-10-14-18-13-4-2-1-3-12(13)17(24)19-14/h1-4,11H,5-10H2,(H,22,23)(H,18,19,24). The number of carbonyl (C=O) groups excluding carboxylic acids is 1. The molecule has 3 rings (SSSR count). The zero-order chi connectivity index (χ0) is 17.8. The van der Waals surface area contributed by atoms with E-state index in [9.17, 15) is 14.4 Å². The molecule has 1 amide bonds. The Morgan fingerprint density at radius 1 is 1.32 bits per heavy atom. The minimum absolute atomic E-state index is 0.0899. The summed E-state index contributed by atoms with van der Waals surface area (Å²) < 4.78 is 0. The first-order valence-electron chi connectivity index (χ1n) is 8.11. The Balaban J connectivity index is 1.52. The van der Waals surface area contributed by atoms with Gasteiger partial charge >= 0.3 is 5.97 Å².